The molecule has 3 aromatic rings. The highest BCUT2D eigenvalue weighted by Crippen LogP contribution is 2.43. The van der Waals surface area contributed by atoms with Gasteiger partial charge in [0.2, 0.25) is 5.60 Å². The lowest BCUT2D eigenvalue weighted by atomic mass is 9.71. The zero-order chi connectivity index (χ0) is 41.7. The third-order valence-corrected chi connectivity index (χ3v) is 21.4. The van der Waals surface area contributed by atoms with Gasteiger partial charge in [-0.3, -0.25) is 0 Å². The maximum Gasteiger partial charge on any atom is 0.351 e. The molecule has 0 N–H and O–H groups in total. The van der Waals surface area contributed by atoms with E-state index >= 15 is 0 Å². The van der Waals surface area contributed by atoms with Crippen molar-refractivity contribution in [1.82, 2.24) is 0 Å². The molecule has 0 saturated carbocycles. The molecule has 0 aliphatic heterocycles. The highest BCUT2D eigenvalue weighted by atomic mass is 28.4. The second-order valence-electron chi connectivity index (χ2n) is 18.0. The summed E-state index contributed by atoms with van der Waals surface area (Å²) >= 11 is 0. The van der Waals surface area contributed by atoms with E-state index in [1.807, 2.05) is 48.5 Å². The molecule has 3 aromatic carbocycles. The first-order chi connectivity index (χ1) is 27.0. The summed E-state index contributed by atoms with van der Waals surface area (Å²) in [4.78, 5) is 27.4. The topological polar surface area (TPSA) is 80.3 Å². The van der Waals surface area contributed by atoms with Crippen LogP contribution in [-0.2, 0) is 39.3 Å². The second kappa shape index (κ2) is 20.4. The third-order valence-electron chi connectivity index (χ3n) is 11.8. The first-order valence-electron chi connectivity index (χ1n) is 20.6. The number of carbonyl (C=O) groups is 2. The Morgan fingerprint density at radius 1 is 0.772 bits per heavy atom. The van der Waals surface area contributed by atoms with E-state index in [9.17, 15) is 9.59 Å². The van der Waals surface area contributed by atoms with Gasteiger partial charge in [0.1, 0.15) is 6.61 Å². The first kappa shape index (κ1) is 46.1. The van der Waals surface area contributed by atoms with E-state index in [0.717, 1.165) is 43.4 Å². The summed E-state index contributed by atoms with van der Waals surface area (Å²) in [6, 6.07) is 30.9. The Bertz CT molecular complexity index is 1720. The van der Waals surface area contributed by atoms with Crippen LogP contribution in [0.25, 0.3) is 0 Å². The minimum atomic E-state index is -2.85. The van der Waals surface area contributed by atoms with Crippen LogP contribution < -0.4 is 10.4 Å². The molecule has 57 heavy (non-hydrogen) atoms. The molecule has 7 nitrogen and oxygen atoms in total. The summed E-state index contributed by atoms with van der Waals surface area (Å²) in [5, 5.41) is 2.39. The van der Waals surface area contributed by atoms with Gasteiger partial charge in [-0.15, -0.1) is 0 Å². The van der Waals surface area contributed by atoms with E-state index in [0.29, 0.717) is 6.61 Å². The fourth-order valence-corrected chi connectivity index (χ4v) is 13.2. The smallest absolute Gasteiger partial charge is 0.351 e. The van der Waals surface area contributed by atoms with Crippen molar-refractivity contribution in [3.63, 3.8) is 0 Å². The molecule has 1 aliphatic carbocycles. The van der Waals surface area contributed by atoms with E-state index in [2.05, 4.69) is 122 Å². The van der Waals surface area contributed by atoms with E-state index in [4.69, 9.17) is 23.1 Å². The normalized spacial score (nSPS) is 19.3. The van der Waals surface area contributed by atoms with Gasteiger partial charge in [0, 0.05) is 18.9 Å². The summed E-state index contributed by atoms with van der Waals surface area (Å²) in [7, 11) is -3.27. The van der Waals surface area contributed by atoms with Crippen LogP contribution in [0.5, 0.6) is 0 Å². The van der Waals surface area contributed by atoms with Crippen molar-refractivity contribution in [2.45, 2.75) is 116 Å². The van der Waals surface area contributed by atoms with Crippen LogP contribution in [0.2, 0.25) is 23.2 Å². The quantitative estimate of drug-likeness (QED) is 0.0516. The molecule has 0 heterocycles. The number of unbranched alkanes of at least 4 members (excludes halogenated alkanes) is 3. The molecule has 0 spiro atoms. The predicted octanol–water partition coefficient (Wildman–Crippen LogP) is 9.96. The van der Waals surface area contributed by atoms with E-state index in [1.165, 1.54) is 17.5 Å². The van der Waals surface area contributed by atoms with Gasteiger partial charge in [0.25, 0.3) is 8.32 Å². The third kappa shape index (κ3) is 11.8. The molecule has 1 aliphatic rings. The molecule has 9 heteroatoms. The molecule has 0 bridgehead atoms. The Morgan fingerprint density at radius 3 is 1.89 bits per heavy atom. The fraction of sp³-hybridized carbons (Fsp3) is 0.500. The number of ether oxygens (including phenoxy) is 3. The Balaban J connectivity index is 1.62. The predicted molar refractivity (Wildman–Crippen MR) is 237 cm³/mol. The average Bonchev–Trinajstić information content (AvgIpc) is 3.17. The number of hydrogen-bond donors (Lipinski definition) is 0. The first-order valence-corrected chi connectivity index (χ1v) is 25.5. The SMILES string of the molecule is COC(=O)[C@]1(OC(=O)COCc2ccccc2)C[C@@H](C)C(CO[Si](c2ccccc2)(c2ccccc2)C(C)(C)C)=C[C@H]1/C=C/CCCCCO[Si](C)(C)C(C)(C)C. The molecular weight excluding hydrogens is 745 g/mol. The minimum absolute atomic E-state index is 0.147. The van der Waals surface area contributed by atoms with Crippen LogP contribution >= 0.6 is 0 Å². The van der Waals surface area contributed by atoms with Crippen molar-refractivity contribution in [3.05, 3.63) is 120 Å². The highest BCUT2D eigenvalue weighted by Gasteiger charge is 2.54. The number of esters is 2. The maximum absolute atomic E-state index is 13.9. The second-order valence-corrected chi connectivity index (χ2v) is 27.2. The fourth-order valence-electron chi connectivity index (χ4n) is 7.54. The highest BCUT2D eigenvalue weighted by molar-refractivity contribution is 6.99. The number of hydrogen-bond acceptors (Lipinski definition) is 7. The van der Waals surface area contributed by atoms with E-state index in [1.54, 1.807) is 0 Å². The van der Waals surface area contributed by atoms with Crippen molar-refractivity contribution >= 4 is 38.9 Å². The van der Waals surface area contributed by atoms with Crippen LogP contribution in [-0.4, -0.2) is 61.1 Å². The van der Waals surface area contributed by atoms with E-state index in [-0.39, 0.29) is 35.6 Å². The van der Waals surface area contributed by atoms with Crippen molar-refractivity contribution < 1.29 is 32.7 Å². The van der Waals surface area contributed by atoms with Crippen molar-refractivity contribution in [2.75, 3.05) is 26.9 Å². The molecule has 4 rings (SSSR count). The summed E-state index contributed by atoms with van der Waals surface area (Å²) in [6.45, 7) is 21.4. The number of allylic oxidation sites excluding steroid dienone is 1. The summed E-state index contributed by atoms with van der Waals surface area (Å²) in [5.41, 5.74) is 0.451. The Hall–Kier alpha value is -3.61. The Labute approximate surface area is 345 Å². The maximum atomic E-state index is 13.9. The lowest BCUT2D eigenvalue weighted by Gasteiger charge is -2.45. The average molecular weight is 813 g/mol. The van der Waals surface area contributed by atoms with Gasteiger partial charge in [-0.25, -0.2) is 9.59 Å². The molecule has 0 unspecified atom stereocenters. The summed E-state index contributed by atoms with van der Waals surface area (Å²) in [5.74, 6) is -1.90. The molecule has 0 fully saturated rings. The lowest BCUT2D eigenvalue weighted by molar-refractivity contribution is -0.190. The van der Waals surface area contributed by atoms with Gasteiger partial charge in [0.05, 0.1) is 20.3 Å². The molecule has 0 aromatic heterocycles. The molecular formula is C48H68O7Si2. The number of carbonyl (C=O) groups excluding carboxylic acids is 2. The van der Waals surface area contributed by atoms with Crippen molar-refractivity contribution in [3.8, 4) is 0 Å². The van der Waals surface area contributed by atoms with Crippen molar-refractivity contribution in [1.29, 1.82) is 0 Å². The molecule has 0 radical (unpaired) electrons. The van der Waals surface area contributed by atoms with Crippen LogP contribution in [0.3, 0.4) is 0 Å². The zero-order valence-corrected chi connectivity index (χ0v) is 38.3. The Kier molecular flexibility index (Phi) is 16.5. The number of benzene rings is 3. The van der Waals surface area contributed by atoms with Gasteiger partial charge in [-0.1, -0.05) is 164 Å². The minimum Gasteiger partial charge on any atom is -0.466 e. The largest absolute Gasteiger partial charge is 0.466 e. The molecule has 0 amide bonds. The van der Waals surface area contributed by atoms with Gasteiger partial charge in [-0.05, 0) is 69.9 Å². The summed E-state index contributed by atoms with van der Waals surface area (Å²) < 4.78 is 31.2. The van der Waals surface area contributed by atoms with Crippen molar-refractivity contribution in [2.24, 2.45) is 11.8 Å². The Morgan fingerprint density at radius 2 is 1.35 bits per heavy atom. The van der Waals surface area contributed by atoms with E-state index < -0.39 is 40.1 Å². The van der Waals surface area contributed by atoms with Gasteiger partial charge in [-0.2, -0.15) is 0 Å². The molecule has 0 saturated heterocycles. The molecule has 310 valence electrons. The van der Waals surface area contributed by atoms with Crippen LogP contribution in [0.15, 0.2) is 115 Å². The molecule has 3 atom stereocenters. The van der Waals surface area contributed by atoms with Gasteiger partial charge >= 0.3 is 11.9 Å². The van der Waals surface area contributed by atoms with Crippen LogP contribution in [0.1, 0.15) is 86.1 Å². The summed E-state index contributed by atoms with van der Waals surface area (Å²) in [6.07, 6.45) is 10.3. The monoisotopic (exact) mass is 812 g/mol. The van der Waals surface area contributed by atoms with Gasteiger partial charge in [0.15, 0.2) is 8.32 Å². The van der Waals surface area contributed by atoms with Gasteiger partial charge < -0.3 is 23.1 Å². The van der Waals surface area contributed by atoms with Crippen LogP contribution in [0.4, 0.5) is 0 Å². The number of methoxy groups -OCH3 is 1. The zero-order valence-electron chi connectivity index (χ0n) is 36.3. The lowest BCUT2D eigenvalue weighted by Crippen LogP contribution is -2.66. The standard InChI is InChI=1S/C48H68O7Si2/c1-38-34-48(45(50)51-8,55-44(49)37-52-35-39-25-17-14-18-26-39)41(27-19-12-11-13-24-32-53-56(9,10)46(2,3)4)33-40(38)36-54-57(47(5,6)7,42-28-20-15-21-29-42)43-30-22-16-23-31-43/h14-23,25-31,33,38,41H,11-13,24,32,34-37H2,1-10H3/b27-19+/t38-,41-,48+/m1/s1. The van der Waals surface area contributed by atoms with Crippen LogP contribution in [0, 0.1) is 11.8 Å². The number of rotatable bonds is 19.